The van der Waals surface area contributed by atoms with Crippen molar-refractivity contribution < 1.29 is 0 Å². The second-order valence-corrected chi connectivity index (χ2v) is 5.25. The summed E-state index contributed by atoms with van der Waals surface area (Å²) in [5.41, 5.74) is 7.47. The van der Waals surface area contributed by atoms with Gasteiger partial charge >= 0.3 is 0 Å². The van der Waals surface area contributed by atoms with Crippen LogP contribution in [0.25, 0.3) is 22.3 Å². The van der Waals surface area contributed by atoms with E-state index in [9.17, 15) is 0 Å². The van der Waals surface area contributed by atoms with Gasteiger partial charge in [-0.3, -0.25) is 0 Å². The van der Waals surface area contributed by atoms with Crippen LogP contribution in [0.4, 0.5) is 0 Å². The van der Waals surface area contributed by atoms with Gasteiger partial charge in [-0.2, -0.15) is 0 Å². The second-order valence-electron chi connectivity index (χ2n) is 5.25. The standard InChI is InChI=1S/C17H16N2/c1-2-6-12(7-3-1)14-10-11-16-17(19-14)13-8-4-5-9-15(13)18-16/h1-3,6-7,10-11,18H,4-5,8-9H2. The molecule has 0 spiro atoms. The normalized spacial score (nSPS) is 14.5. The van der Waals surface area contributed by atoms with Gasteiger partial charge in [0.05, 0.1) is 16.7 Å². The van der Waals surface area contributed by atoms with Crippen LogP contribution in [0, 0.1) is 0 Å². The Balaban J connectivity index is 1.91. The van der Waals surface area contributed by atoms with Crippen molar-refractivity contribution in [2.24, 2.45) is 0 Å². The van der Waals surface area contributed by atoms with E-state index in [4.69, 9.17) is 4.98 Å². The van der Waals surface area contributed by atoms with Crippen molar-refractivity contribution in [3.8, 4) is 11.3 Å². The van der Waals surface area contributed by atoms with Gasteiger partial charge in [-0.1, -0.05) is 30.3 Å². The first-order valence-corrected chi connectivity index (χ1v) is 6.98. The van der Waals surface area contributed by atoms with Crippen LogP contribution in [0.3, 0.4) is 0 Å². The van der Waals surface area contributed by atoms with Crippen molar-refractivity contribution in [1.29, 1.82) is 0 Å². The van der Waals surface area contributed by atoms with Crippen LogP contribution in [0.2, 0.25) is 0 Å². The topological polar surface area (TPSA) is 28.7 Å². The van der Waals surface area contributed by atoms with Crippen molar-refractivity contribution in [3.05, 3.63) is 53.7 Å². The van der Waals surface area contributed by atoms with Gasteiger partial charge < -0.3 is 4.98 Å². The minimum Gasteiger partial charge on any atom is -0.357 e. The van der Waals surface area contributed by atoms with Gasteiger partial charge in [-0.15, -0.1) is 0 Å². The molecule has 2 heteroatoms. The van der Waals surface area contributed by atoms with E-state index in [2.05, 4.69) is 41.4 Å². The minimum absolute atomic E-state index is 1.07. The molecule has 1 aromatic carbocycles. The fraction of sp³-hybridized carbons (Fsp3) is 0.235. The van der Waals surface area contributed by atoms with Crippen LogP contribution in [-0.4, -0.2) is 9.97 Å². The smallest absolute Gasteiger partial charge is 0.0921 e. The van der Waals surface area contributed by atoms with Crippen LogP contribution in [0.5, 0.6) is 0 Å². The summed E-state index contributed by atoms with van der Waals surface area (Å²) in [5, 5.41) is 0. The fourth-order valence-electron chi connectivity index (χ4n) is 3.03. The highest BCUT2D eigenvalue weighted by atomic mass is 14.8. The highest BCUT2D eigenvalue weighted by Crippen LogP contribution is 2.29. The number of aryl methyl sites for hydroxylation is 2. The van der Waals surface area contributed by atoms with E-state index in [1.165, 1.54) is 53.5 Å². The molecule has 2 heterocycles. The maximum absolute atomic E-state index is 4.89. The lowest BCUT2D eigenvalue weighted by Crippen LogP contribution is -2.00. The molecule has 3 aromatic rings. The van der Waals surface area contributed by atoms with E-state index in [-0.39, 0.29) is 0 Å². The van der Waals surface area contributed by atoms with E-state index >= 15 is 0 Å². The molecule has 0 radical (unpaired) electrons. The molecule has 0 saturated heterocycles. The second kappa shape index (κ2) is 4.23. The molecular formula is C17H16N2. The quantitative estimate of drug-likeness (QED) is 0.689. The molecule has 0 bridgehead atoms. The molecular weight excluding hydrogens is 232 g/mol. The third-order valence-corrected chi connectivity index (χ3v) is 4.00. The first-order valence-electron chi connectivity index (χ1n) is 6.98. The van der Waals surface area contributed by atoms with Crippen LogP contribution < -0.4 is 0 Å². The Morgan fingerprint density at radius 3 is 2.63 bits per heavy atom. The number of fused-ring (bicyclic) bond motifs is 3. The van der Waals surface area contributed by atoms with Crippen LogP contribution in [-0.2, 0) is 12.8 Å². The van der Waals surface area contributed by atoms with Crippen LogP contribution in [0.15, 0.2) is 42.5 Å². The average molecular weight is 248 g/mol. The zero-order valence-corrected chi connectivity index (χ0v) is 10.8. The number of nitrogens with zero attached hydrogens (tertiary/aromatic N) is 1. The van der Waals surface area contributed by atoms with Gasteiger partial charge in [-0.25, -0.2) is 4.98 Å². The molecule has 1 N–H and O–H groups in total. The van der Waals surface area contributed by atoms with Gasteiger partial charge in [0, 0.05) is 11.3 Å². The lowest BCUT2D eigenvalue weighted by atomic mass is 9.97. The van der Waals surface area contributed by atoms with Crippen molar-refractivity contribution in [1.82, 2.24) is 9.97 Å². The number of hydrogen-bond donors (Lipinski definition) is 1. The van der Waals surface area contributed by atoms with Gasteiger partial charge in [0.15, 0.2) is 0 Å². The lowest BCUT2D eigenvalue weighted by molar-refractivity contribution is 0.679. The zero-order valence-electron chi connectivity index (χ0n) is 10.8. The maximum atomic E-state index is 4.89. The Kier molecular flexibility index (Phi) is 2.41. The highest BCUT2D eigenvalue weighted by Gasteiger charge is 2.16. The number of pyridine rings is 1. The Bertz CT molecular complexity index is 726. The van der Waals surface area contributed by atoms with Crippen LogP contribution >= 0.6 is 0 Å². The lowest BCUT2D eigenvalue weighted by Gasteiger charge is -2.10. The van der Waals surface area contributed by atoms with E-state index in [1.54, 1.807) is 0 Å². The molecule has 0 aliphatic heterocycles. The zero-order chi connectivity index (χ0) is 12.7. The molecule has 0 unspecified atom stereocenters. The predicted octanol–water partition coefficient (Wildman–Crippen LogP) is 4.11. The van der Waals surface area contributed by atoms with E-state index in [0.717, 1.165) is 5.69 Å². The SMILES string of the molecule is c1ccc(-c2ccc3[nH]c4c(c3n2)CCCC4)cc1. The monoisotopic (exact) mass is 248 g/mol. The number of benzene rings is 1. The van der Waals surface area contributed by atoms with Crippen molar-refractivity contribution >= 4 is 11.0 Å². The number of hydrogen-bond acceptors (Lipinski definition) is 1. The summed E-state index contributed by atoms with van der Waals surface area (Å²) in [6.45, 7) is 0. The number of aromatic nitrogens is 2. The first kappa shape index (κ1) is 10.8. The van der Waals surface area contributed by atoms with Crippen molar-refractivity contribution in [2.75, 3.05) is 0 Å². The Morgan fingerprint density at radius 2 is 1.74 bits per heavy atom. The molecule has 19 heavy (non-hydrogen) atoms. The Labute approximate surface area is 112 Å². The maximum Gasteiger partial charge on any atom is 0.0921 e. The summed E-state index contributed by atoms with van der Waals surface area (Å²) in [6.07, 6.45) is 4.93. The number of rotatable bonds is 1. The Morgan fingerprint density at radius 1 is 0.895 bits per heavy atom. The summed E-state index contributed by atoms with van der Waals surface area (Å²) in [5.74, 6) is 0. The molecule has 0 atom stereocenters. The average Bonchev–Trinajstić information content (AvgIpc) is 2.86. The molecule has 0 saturated carbocycles. The Hall–Kier alpha value is -2.09. The first-order chi connectivity index (χ1) is 9.42. The molecule has 4 rings (SSSR count). The number of H-pyrrole nitrogens is 1. The molecule has 94 valence electrons. The summed E-state index contributed by atoms with van der Waals surface area (Å²) >= 11 is 0. The van der Waals surface area contributed by atoms with E-state index in [0.29, 0.717) is 0 Å². The summed E-state index contributed by atoms with van der Waals surface area (Å²) in [4.78, 5) is 8.42. The van der Waals surface area contributed by atoms with Gasteiger partial charge in [0.1, 0.15) is 0 Å². The van der Waals surface area contributed by atoms with Crippen molar-refractivity contribution in [3.63, 3.8) is 0 Å². The van der Waals surface area contributed by atoms with Gasteiger partial charge in [0.2, 0.25) is 0 Å². The van der Waals surface area contributed by atoms with Crippen molar-refractivity contribution in [2.45, 2.75) is 25.7 Å². The molecule has 0 amide bonds. The number of aromatic amines is 1. The number of nitrogens with one attached hydrogen (secondary N) is 1. The highest BCUT2D eigenvalue weighted by molar-refractivity contribution is 5.83. The molecule has 1 aliphatic rings. The molecule has 0 fully saturated rings. The van der Waals surface area contributed by atoms with Gasteiger partial charge in [0.25, 0.3) is 0 Å². The summed E-state index contributed by atoms with van der Waals surface area (Å²) < 4.78 is 0. The minimum atomic E-state index is 1.07. The van der Waals surface area contributed by atoms with E-state index in [1.807, 2.05) is 6.07 Å². The fourth-order valence-corrected chi connectivity index (χ4v) is 3.03. The largest absolute Gasteiger partial charge is 0.357 e. The van der Waals surface area contributed by atoms with Crippen LogP contribution in [0.1, 0.15) is 24.1 Å². The predicted molar refractivity (Wildman–Crippen MR) is 78.2 cm³/mol. The summed E-state index contributed by atoms with van der Waals surface area (Å²) in [6, 6.07) is 14.7. The third kappa shape index (κ3) is 1.75. The van der Waals surface area contributed by atoms with Gasteiger partial charge in [-0.05, 0) is 43.4 Å². The summed E-state index contributed by atoms with van der Waals surface area (Å²) in [7, 11) is 0. The van der Waals surface area contributed by atoms with E-state index < -0.39 is 0 Å². The third-order valence-electron chi connectivity index (χ3n) is 4.00. The molecule has 2 aromatic heterocycles. The molecule has 2 nitrogen and oxygen atoms in total. The molecule has 1 aliphatic carbocycles.